The minimum absolute atomic E-state index is 0.0917. The number of carbonyl (C=O) groups excluding carboxylic acids is 2. The molecule has 5 nitrogen and oxygen atoms in total. The minimum atomic E-state index is -4.45. The van der Waals surface area contributed by atoms with E-state index >= 15 is 0 Å². The zero-order valence-electron chi connectivity index (χ0n) is 19.0. The Morgan fingerprint density at radius 1 is 0.829 bits per heavy atom. The van der Waals surface area contributed by atoms with Crippen molar-refractivity contribution >= 4 is 28.5 Å². The summed E-state index contributed by atoms with van der Waals surface area (Å²) in [6, 6.07) is 19.9. The molecule has 0 saturated heterocycles. The molecule has 2 amide bonds. The second-order valence-corrected chi connectivity index (χ2v) is 8.28. The lowest BCUT2D eigenvalue weighted by atomic mass is 9.98. The van der Waals surface area contributed by atoms with E-state index in [0.29, 0.717) is 16.6 Å². The Morgan fingerprint density at radius 2 is 1.49 bits per heavy atom. The normalized spacial score (nSPS) is 11.5. The summed E-state index contributed by atoms with van der Waals surface area (Å²) in [6.45, 7) is 3.65. The number of hydrogen-bond donors (Lipinski definition) is 2. The number of nitrogens with zero attached hydrogens (tertiary/aromatic N) is 1. The first-order valence-corrected chi connectivity index (χ1v) is 10.9. The van der Waals surface area contributed by atoms with Crippen molar-refractivity contribution in [1.82, 2.24) is 10.3 Å². The van der Waals surface area contributed by atoms with Gasteiger partial charge in [0, 0.05) is 17.0 Å². The van der Waals surface area contributed by atoms with Crippen LogP contribution < -0.4 is 10.6 Å². The Bertz CT molecular complexity index is 1400. The van der Waals surface area contributed by atoms with Crippen molar-refractivity contribution in [3.8, 4) is 11.1 Å². The maximum atomic E-state index is 13.3. The fourth-order valence-corrected chi connectivity index (χ4v) is 3.67. The highest BCUT2D eigenvalue weighted by Gasteiger charge is 2.30. The molecule has 0 bridgehead atoms. The molecular weight excluding hydrogens is 455 g/mol. The highest BCUT2D eigenvalue weighted by molar-refractivity contribution is 6.12. The molecule has 35 heavy (non-hydrogen) atoms. The van der Waals surface area contributed by atoms with Crippen LogP contribution in [0, 0.1) is 0 Å². The summed E-state index contributed by atoms with van der Waals surface area (Å²) in [6.07, 6.45) is -4.45. The van der Waals surface area contributed by atoms with Crippen LogP contribution in [0.15, 0.2) is 78.9 Å². The van der Waals surface area contributed by atoms with Crippen molar-refractivity contribution in [2.24, 2.45) is 0 Å². The molecule has 0 aliphatic rings. The fraction of sp³-hybridized carbons (Fsp3) is 0.148. The van der Waals surface area contributed by atoms with Gasteiger partial charge in [-0.2, -0.15) is 13.2 Å². The molecule has 0 unspecified atom stereocenters. The average Bonchev–Trinajstić information content (AvgIpc) is 2.82. The molecule has 4 aromatic rings. The van der Waals surface area contributed by atoms with Crippen molar-refractivity contribution in [2.45, 2.75) is 26.1 Å². The zero-order valence-corrected chi connectivity index (χ0v) is 19.0. The Hall–Kier alpha value is -4.20. The number of halogens is 3. The average molecular weight is 477 g/mol. The van der Waals surface area contributed by atoms with E-state index in [9.17, 15) is 22.8 Å². The molecule has 0 atom stereocenters. The van der Waals surface area contributed by atoms with E-state index in [1.807, 2.05) is 26.0 Å². The maximum Gasteiger partial charge on any atom is 0.416 e. The first kappa shape index (κ1) is 23.9. The van der Waals surface area contributed by atoms with E-state index in [2.05, 4.69) is 15.6 Å². The SMILES string of the molecule is CC(C)NC(=O)c1cc2ccccc2nc1NC(=O)c1ccccc1-c1ccc(C(F)(F)F)cc1. The molecular formula is C27H22F3N3O2. The van der Waals surface area contributed by atoms with Crippen molar-refractivity contribution < 1.29 is 22.8 Å². The lowest BCUT2D eigenvalue weighted by Gasteiger charge is -2.15. The van der Waals surface area contributed by atoms with Gasteiger partial charge in [0.2, 0.25) is 0 Å². The summed E-state index contributed by atoms with van der Waals surface area (Å²) < 4.78 is 38.9. The van der Waals surface area contributed by atoms with Crippen LogP contribution >= 0.6 is 0 Å². The van der Waals surface area contributed by atoms with Gasteiger partial charge in [-0.25, -0.2) is 4.98 Å². The van der Waals surface area contributed by atoms with Gasteiger partial charge in [0.05, 0.1) is 16.6 Å². The third kappa shape index (κ3) is 5.32. The lowest BCUT2D eigenvalue weighted by molar-refractivity contribution is -0.137. The van der Waals surface area contributed by atoms with Crippen molar-refractivity contribution in [2.75, 3.05) is 5.32 Å². The predicted molar refractivity (Wildman–Crippen MR) is 129 cm³/mol. The van der Waals surface area contributed by atoms with Crippen molar-refractivity contribution in [3.63, 3.8) is 0 Å². The van der Waals surface area contributed by atoms with E-state index in [0.717, 1.165) is 17.5 Å². The number of alkyl halides is 3. The van der Waals surface area contributed by atoms with Crippen LogP contribution in [0.25, 0.3) is 22.0 Å². The van der Waals surface area contributed by atoms with E-state index in [4.69, 9.17) is 0 Å². The number of rotatable bonds is 5. The molecule has 0 aliphatic carbocycles. The Morgan fingerprint density at radius 3 is 2.17 bits per heavy atom. The third-order valence-electron chi connectivity index (χ3n) is 5.32. The summed E-state index contributed by atoms with van der Waals surface area (Å²) in [5.74, 6) is -0.833. The van der Waals surface area contributed by atoms with Crippen LogP contribution in [0.5, 0.6) is 0 Å². The molecule has 0 radical (unpaired) electrons. The first-order chi connectivity index (χ1) is 16.6. The number of amides is 2. The van der Waals surface area contributed by atoms with Crippen LogP contribution in [0.3, 0.4) is 0 Å². The summed E-state index contributed by atoms with van der Waals surface area (Å²) >= 11 is 0. The molecule has 178 valence electrons. The molecule has 0 saturated carbocycles. The van der Waals surface area contributed by atoms with Crippen LogP contribution in [0.2, 0.25) is 0 Å². The zero-order chi connectivity index (χ0) is 25.2. The van der Waals surface area contributed by atoms with Gasteiger partial charge in [0.1, 0.15) is 5.82 Å². The molecule has 4 rings (SSSR count). The minimum Gasteiger partial charge on any atom is -0.350 e. The lowest BCUT2D eigenvalue weighted by Crippen LogP contribution is -2.31. The molecule has 1 heterocycles. The van der Waals surface area contributed by atoms with Crippen molar-refractivity contribution in [1.29, 1.82) is 0 Å². The third-order valence-corrected chi connectivity index (χ3v) is 5.32. The standard InChI is InChI=1S/C27H22F3N3O2/c1-16(2)31-26(35)22-15-18-7-3-6-10-23(18)32-24(22)33-25(34)21-9-5-4-8-20(21)17-11-13-19(14-12-17)27(28,29)30/h3-16H,1-2H3,(H,31,35)(H,32,33,34). The molecule has 0 aliphatic heterocycles. The van der Waals surface area contributed by atoms with Crippen LogP contribution in [0.4, 0.5) is 19.0 Å². The highest BCUT2D eigenvalue weighted by atomic mass is 19.4. The van der Waals surface area contributed by atoms with Gasteiger partial charge in [0.15, 0.2) is 0 Å². The van der Waals surface area contributed by atoms with Gasteiger partial charge >= 0.3 is 6.18 Å². The van der Waals surface area contributed by atoms with Gasteiger partial charge < -0.3 is 10.6 Å². The highest BCUT2D eigenvalue weighted by Crippen LogP contribution is 2.32. The number of hydrogen-bond acceptors (Lipinski definition) is 3. The molecule has 1 aromatic heterocycles. The molecule has 0 spiro atoms. The van der Waals surface area contributed by atoms with E-state index < -0.39 is 17.6 Å². The van der Waals surface area contributed by atoms with Crippen LogP contribution in [0.1, 0.15) is 40.1 Å². The van der Waals surface area contributed by atoms with Gasteiger partial charge in [-0.1, -0.05) is 48.5 Å². The van der Waals surface area contributed by atoms with Crippen LogP contribution in [-0.4, -0.2) is 22.8 Å². The quantitative estimate of drug-likeness (QED) is 0.354. The van der Waals surface area contributed by atoms with E-state index in [-0.39, 0.29) is 28.9 Å². The van der Waals surface area contributed by atoms with Crippen LogP contribution in [-0.2, 0) is 6.18 Å². The second-order valence-electron chi connectivity index (χ2n) is 8.28. The summed E-state index contributed by atoms with van der Waals surface area (Å²) in [5, 5.41) is 6.28. The van der Waals surface area contributed by atoms with Gasteiger partial charge in [-0.3, -0.25) is 9.59 Å². The topological polar surface area (TPSA) is 71.1 Å². The predicted octanol–water partition coefficient (Wildman–Crippen LogP) is 6.31. The number of aromatic nitrogens is 1. The summed E-state index contributed by atoms with van der Waals surface area (Å²) in [5.41, 5.74) is 1.17. The summed E-state index contributed by atoms with van der Waals surface area (Å²) in [7, 11) is 0. The number of anilines is 1. The van der Waals surface area contributed by atoms with Gasteiger partial charge in [-0.05, 0) is 55.3 Å². The number of fused-ring (bicyclic) bond motifs is 1. The Labute approximate surface area is 200 Å². The largest absolute Gasteiger partial charge is 0.416 e. The maximum absolute atomic E-state index is 13.3. The molecule has 8 heteroatoms. The fourth-order valence-electron chi connectivity index (χ4n) is 3.67. The molecule has 2 N–H and O–H groups in total. The number of pyridine rings is 1. The Balaban J connectivity index is 1.72. The van der Waals surface area contributed by atoms with Gasteiger partial charge in [0.25, 0.3) is 11.8 Å². The number of para-hydroxylation sites is 1. The second kappa shape index (κ2) is 9.58. The van der Waals surface area contributed by atoms with Crippen molar-refractivity contribution in [3.05, 3.63) is 95.6 Å². The number of carbonyl (C=O) groups is 2. The number of nitrogens with one attached hydrogen (secondary N) is 2. The van der Waals surface area contributed by atoms with Gasteiger partial charge in [-0.15, -0.1) is 0 Å². The molecule has 0 fully saturated rings. The first-order valence-electron chi connectivity index (χ1n) is 10.9. The van der Waals surface area contributed by atoms with E-state index in [1.54, 1.807) is 42.5 Å². The monoisotopic (exact) mass is 477 g/mol. The smallest absolute Gasteiger partial charge is 0.350 e. The van der Waals surface area contributed by atoms with E-state index in [1.165, 1.54) is 12.1 Å². The Kier molecular flexibility index (Phi) is 6.55. The number of benzene rings is 3. The summed E-state index contributed by atoms with van der Waals surface area (Å²) in [4.78, 5) is 30.6. The molecule has 3 aromatic carbocycles.